The topological polar surface area (TPSA) is 48.7 Å². The van der Waals surface area contributed by atoms with Gasteiger partial charge in [-0.15, -0.1) is 0 Å². The van der Waals surface area contributed by atoms with Gasteiger partial charge in [0.1, 0.15) is 5.58 Å². The highest BCUT2D eigenvalue weighted by Gasteiger charge is 2.33. The van der Waals surface area contributed by atoms with Crippen molar-refractivity contribution in [1.82, 2.24) is 15.1 Å². The van der Waals surface area contributed by atoms with Gasteiger partial charge in [-0.25, -0.2) is 0 Å². The van der Waals surface area contributed by atoms with Crippen LogP contribution in [0.5, 0.6) is 0 Å². The second-order valence-electron chi connectivity index (χ2n) is 7.70. The van der Waals surface area contributed by atoms with Crippen molar-refractivity contribution in [2.24, 2.45) is 0 Å². The molecule has 1 atom stereocenters. The van der Waals surface area contributed by atoms with E-state index in [1.54, 1.807) is 0 Å². The Morgan fingerprint density at radius 2 is 1.89 bits per heavy atom. The maximum atomic E-state index is 13.2. The highest BCUT2D eigenvalue weighted by Crippen LogP contribution is 2.33. The zero-order chi connectivity index (χ0) is 18.4. The van der Waals surface area contributed by atoms with Crippen LogP contribution in [0.1, 0.15) is 22.5 Å². The molecule has 0 radical (unpaired) electrons. The van der Waals surface area contributed by atoms with Gasteiger partial charge in [-0.3, -0.25) is 9.69 Å². The average molecular weight is 363 g/mol. The molecule has 2 aliphatic rings. The Hall–Kier alpha value is -2.37. The lowest BCUT2D eigenvalue weighted by molar-refractivity contribution is 0.0743. The molecule has 1 N–H and O–H groups in total. The first-order valence-corrected chi connectivity index (χ1v) is 9.87. The number of aryl methyl sites for hydroxylation is 1. The molecule has 0 saturated carbocycles. The minimum absolute atomic E-state index is 0.0328. The second-order valence-corrected chi connectivity index (χ2v) is 7.70. The first-order chi connectivity index (χ1) is 13.2. The van der Waals surface area contributed by atoms with Crippen LogP contribution in [0.2, 0.25) is 0 Å². The SMILES string of the molecule is Cc1c(C(=O)N2CCC(N3CCNCC3)C2)oc2c1ccc1ccccc12. The molecule has 3 heterocycles. The van der Waals surface area contributed by atoms with E-state index < -0.39 is 0 Å². The van der Waals surface area contributed by atoms with Crippen LogP contribution in [0.3, 0.4) is 0 Å². The van der Waals surface area contributed by atoms with Crippen molar-refractivity contribution >= 4 is 27.6 Å². The molecule has 27 heavy (non-hydrogen) atoms. The molecule has 5 nitrogen and oxygen atoms in total. The van der Waals surface area contributed by atoms with E-state index in [1.165, 1.54) is 0 Å². The first kappa shape index (κ1) is 16.8. The monoisotopic (exact) mass is 363 g/mol. The Balaban J connectivity index is 1.44. The number of fused-ring (bicyclic) bond motifs is 3. The molecule has 2 saturated heterocycles. The number of nitrogens with zero attached hydrogens (tertiary/aromatic N) is 2. The molecule has 0 bridgehead atoms. The van der Waals surface area contributed by atoms with Crippen LogP contribution in [0.4, 0.5) is 0 Å². The van der Waals surface area contributed by atoms with Crippen LogP contribution >= 0.6 is 0 Å². The minimum Gasteiger partial charge on any atom is -0.450 e. The van der Waals surface area contributed by atoms with Crippen LogP contribution in [0, 0.1) is 6.92 Å². The fraction of sp³-hybridized carbons (Fsp3) is 0.409. The van der Waals surface area contributed by atoms with Crippen LogP contribution in [0.25, 0.3) is 21.7 Å². The number of nitrogens with one attached hydrogen (secondary N) is 1. The molecule has 5 rings (SSSR count). The van der Waals surface area contributed by atoms with E-state index in [0.29, 0.717) is 11.8 Å². The lowest BCUT2D eigenvalue weighted by Gasteiger charge is -2.32. The second kappa shape index (κ2) is 6.66. The third kappa shape index (κ3) is 2.82. The summed E-state index contributed by atoms with van der Waals surface area (Å²) < 4.78 is 6.15. The van der Waals surface area contributed by atoms with Crippen molar-refractivity contribution in [2.45, 2.75) is 19.4 Å². The van der Waals surface area contributed by atoms with E-state index in [-0.39, 0.29) is 5.91 Å². The number of rotatable bonds is 2. The summed E-state index contributed by atoms with van der Waals surface area (Å²) in [6.07, 6.45) is 1.05. The number of likely N-dealkylation sites (tertiary alicyclic amines) is 1. The fourth-order valence-corrected chi connectivity index (χ4v) is 4.57. The van der Waals surface area contributed by atoms with Gasteiger partial charge in [0.15, 0.2) is 5.76 Å². The number of hydrogen-bond donors (Lipinski definition) is 1. The van der Waals surface area contributed by atoms with Gasteiger partial charge in [0, 0.05) is 61.6 Å². The molecule has 1 amide bonds. The summed E-state index contributed by atoms with van der Waals surface area (Å²) >= 11 is 0. The molecule has 2 fully saturated rings. The Bertz CT molecular complexity index is 1000. The molecule has 140 valence electrons. The Morgan fingerprint density at radius 1 is 1.07 bits per heavy atom. The van der Waals surface area contributed by atoms with E-state index >= 15 is 0 Å². The van der Waals surface area contributed by atoms with E-state index in [4.69, 9.17) is 4.42 Å². The Labute approximate surface area is 158 Å². The Morgan fingerprint density at radius 3 is 2.74 bits per heavy atom. The van der Waals surface area contributed by atoms with E-state index in [1.807, 2.05) is 24.0 Å². The number of amides is 1. The van der Waals surface area contributed by atoms with Gasteiger partial charge in [-0.2, -0.15) is 0 Å². The van der Waals surface area contributed by atoms with Gasteiger partial charge in [-0.05, 0) is 18.7 Å². The maximum Gasteiger partial charge on any atom is 0.289 e. The third-order valence-electron chi connectivity index (χ3n) is 6.14. The third-order valence-corrected chi connectivity index (χ3v) is 6.14. The van der Waals surface area contributed by atoms with E-state index in [9.17, 15) is 4.79 Å². The first-order valence-electron chi connectivity index (χ1n) is 9.87. The lowest BCUT2D eigenvalue weighted by Crippen LogP contribution is -2.49. The predicted octanol–water partition coefficient (Wildman–Crippen LogP) is 3.01. The van der Waals surface area contributed by atoms with Gasteiger partial charge >= 0.3 is 0 Å². The molecular weight excluding hydrogens is 338 g/mol. The number of carbonyl (C=O) groups is 1. The molecule has 3 aromatic rings. The molecule has 5 heteroatoms. The number of carbonyl (C=O) groups excluding carboxylic acids is 1. The molecule has 2 aromatic carbocycles. The standard InChI is InChI=1S/C22H25N3O2/c1-15-18-7-6-16-4-2-3-5-19(16)21(18)27-20(15)22(26)25-11-8-17(14-25)24-12-9-23-10-13-24/h2-7,17,23H,8-14H2,1H3. The quantitative estimate of drug-likeness (QED) is 0.760. The van der Waals surface area contributed by atoms with Crippen molar-refractivity contribution in [3.8, 4) is 0 Å². The summed E-state index contributed by atoms with van der Waals surface area (Å²) in [5.41, 5.74) is 1.78. The normalized spacial score (nSPS) is 21.4. The summed E-state index contributed by atoms with van der Waals surface area (Å²) in [7, 11) is 0. The summed E-state index contributed by atoms with van der Waals surface area (Å²) in [6, 6.07) is 12.8. The maximum absolute atomic E-state index is 13.2. The molecule has 0 aliphatic carbocycles. The van der Waals surface area contributed by atoms with Gasteiger partial charge in [0.2, 0.25) is 0 Å². The summed E-state index contributed by atoms with van der Waals surface area (Å²) in [5.74, 6) is 0.535. The van der Waals surface area contributed by atoms with Crippen molar-refractivity contribution in [3.63, 3.8) is 0 Å². The highest BCUT2D eigenvalue weighted by molar-refractivity contribution is 6.08. The molecular formula is C22H25N3O2. The van der Waals surface area contributed by atoms with Crippen LogP contribution < -0.4 is 5.32 Å². The van der Waals surface area contributed by atoms with Crippen molar-refractivity contribution in [2.75, 3.05) is 39.3 Å². The van der Waals surface area contributed by atoms with Crippen LogP contribution in [-0.2, 0) is 0 Å². The largest absolute Gasteiger partial charge is 0.450 e. The smallest absolute Gasteiger partial charge is 0.289 e. The summed E-state index contributed by atoms with van der Waals surface area (Å²) in [6.45, 7) is 7.84. The van der Waals surface area contributed by atoms with Crippen molar-refractivity contribution in [1.29, 1.82) is 0 Å². The Kier molecular flexibility index (Phi) is 4.14. The van der Waals surface area contributed by atoms with Crippen LogP contribution in [0.15, 0.2) is 40.8 Å². The molecule has 1 unspecified atom stereocenters. The van der Waals surface area contributed by atoms with Crippen LogP contribution in [-0.4, -0.2) is 61.0 Å². The summed E-state index contributed by atoms with van der Waals surface area (Å²) in [5, 5.41) is 6.64. The minimum atomic E-state index is 0.0328. The van der Waals surface area contributed by atoms with E-state index in [0.717, 1.165) is 73.0 Å². The molecule has 2 aliphatic heterocycles. The number of furan rings is 1. The van der Waals surface area contributed by atoms with Gasteiger partial charge in [-0.1, -0.05) is 36.4 Å². The number of benzene rings is 2. The lowest BCUT2D eigenvalue weighted by atomic mass is 10.1. The highest BCUT2D eigenvalue weighted by atomic mass is 16.3. The number of hydrogen-bond acceptors (Lipinski definition) is 4. The van der Waals surface area contributed by atoms with Gasteiger partial charge in [0.05, 0.1) is 0 Å². The number of piperazine rings is 1. The zero-order valence-electron chi connectivity index (χ0n) is 15.7. The summed E-state index contributed by atoms with van der Waals surface area (Å²) in [4.78, 5) is 17.7. The van der Waals surface area contributed by atoms with Crippen molar-refractivity contribution in [3.05, 3.63) is 47.7 Å². The zero-order valence-corrected chi connectivity index (χ0v) is 15.7. The van der Waals surface area contributed by atoms with Gasteiger partial charge in [0.25, 0.3) is 5.91 Å². The van der Waals surface area contributed by atoms with Crippen molar-refractivity contribution < 1.29 is 9.21 Å². The predicted molar refractivity (Wildman–Crippen MR) is 107 cm³/mol. The molecule has 1 aromatic heterocycles. The fourth-order valence-electron chi connectivity index (χ4n) is 4.57. The van der Waals surface area contributed by atoms with E-state index in [2.05, 4.69) is 34.5 Å². The van der Waals surface area contributed by atoms with Gasteiger partial charge < -0.3 is 14.6 Å². The average Bonchev–Trinajstić information content (AvgIpc) is 3.34. The molecule has 0 spiro atoms.